The Hall–Kier alpha value is 0.758. The van der Waals surface area contributed by atoms with Crippen LogP contribution in [0.3, 0.4) is 0 Å². The van der Waals surface area contributed by atoms with Crippen LogP contribution in [0.15, 0.2) is 21.3 Å². The molecule has 2 aliphatic heterocycles. The van der Waals surface area contributed by atoms with Crippen LogP contribution in [0.25, 0.3) is 0 Å². The van der Waals surface area contributed by atoms with E-state index in [4.69, 9.17) is 31.9 Å². The predicted octanol–water partition coefficient (Wildman–Crippen LogP) is 15.4. The van der Waals surface area contributed by atoms with Crippen molar-refractivity contribution in [3.63, 3.8) is 0 Å². The van der Waals surface area contributed by atoms with Gasteiger partial charge in [0.2, 0.25) is 0 Å². The van der Waals surface area contributed by atoms with Crippen LogP contribution in [0.4, 0.5) is 0 Å². The minimum atomic E-state index is -2.34. The Morgan fingerprint density at radius 3 is 1.68 bits per heavy atom. The summed E-state index contributed by atoms with van der Waals surface area (Å²) in [7, 11) is -7.05. The maximum absolute atomic E-state index is 12.7. The lowest BCUT2D eigenvalue weighted by Gasteiger charge is -2.53. The van der Waals surface area contributed by atoms with Crippen molar-refractivity contribution >= 4 is 55.9 Å². The first-order valence-electron chi connectivity index (χ1n) is 25.1. The number of aliphatic hydroxyl groups excluding tert-OH is 1. The summed E-state index contributed by atoms with van der Waals surface area (Å²) in [4.78, 5) is 0. The topological polar surface area (TPSA) is 84.8 Å². The Labute approximate surface area is 420 Å². The van der Waals surface area contributed by atoms with E-state index < -0.39 is 62.8 Å². The third kappa shape index (κ3) is 14.5. The van der Waals surface area contributed by atoms with Crippen LogP contribution in [-0.2, 0) is 31.9 Å². The molecule has 0 aromatic carbocycles. The fourth-order valence-electron chi connectivity index (χ4n) is 8.25. The Balaban J connectivity index is 2.79. The summed E-state index contributed by atoms with van der Waals surface area (Å²) in [5.41, 5.74) is 1.73. The second kappa shape index (κ2) is 21.9. The number of ether oxygens (including phenoxy) is 3. The predicted molar refractivity (Wildman–Crippen MR) is 295 cm³/mol. The molecule has 0 radical (unpaired) electrons. The maximum atomic E-state index is 12.7. The van der Waals surface area contributed by atoms with Crippen LogP contribution < -0.4 is 0 Å². The number of hydrogen-bond donors (Lipinski definition) is 1. The van der Waals surface area contributed by atoms with Crippen LogP contribution in [0.2, 0.25) is 72.5 Å². The lowest BCUT2D eigenvalue weighted by atomic mass is 9.72. The van der Waals surface area contributed by atoms with E-state index in [0.717, 1.165) is 6.42 Å². The average Bonchev–Trinajstić information content (AvgIpc) is 3.31. The molecule has 0 bridgehead atoms. The van der Waals surface area contributed by atoms with Gasteiger partial charge < -0.3 is 37.0 Å². The van der Waals surface area contributed by atoms with Crippen molar-refractivity contribution in [1.29, 1.82) is 0 Å². The van der Waals surface area contributed by atoms with E-state index in [-0.39, 0.29) is 62.3 Å². The quantitative estimate of drug-likeness (QED) is 0.0778. The second-order valence-corrected chi connectivity index (χ2v) is 46.9. The molecular weight excluding hydrogens is 992 g/mol. The monoisotopic (exact) mass is 1100 g/mol. The van der Waals surface area contributed by atoms with Gasteiger partial charge >= 0.3 is 0 Å². The van der Waals surface area contributed by atoms with Crippen molar-refractivity contribution in [1.82, 2.24) is 0 Å². The smallest absolute Gasteiger partial charge is 0.192 e. The largest absolute Gasteiger partial charge is 0.417 e. The zero-order valence-corrected chi connectivity index (χ0v) is 53.6. The summed E-state index contributed by atoms with van der Waals surface area (Å²) in [6.07, 6.45) is 1.43. The summed E-state index contributed by atoms with van der Waals surface area (Å²) in [6.45, 7) is 62.4. The first-order chi connectivity index (χ1) is 28.9. The van der Waals surface area contributed by atoms with E-state index in [2.05, 4.69) is 217 Å². The lowest BCUT2D eigenvalue weighted by molar-refractivity contribution is -0.335. The summed E-state index contributed by atoms with van der Waals surface area (Å²) >= 11 is 2.34. The van der Waals surface area contributed by atoms with E-state index in [0.29, 0.717) is 19.4 Å². The van der Waals surface area contributed by atoms with E-state index >= 15 is 0 Å². The summed E-state index contributed by atoms with van der Waals surface area (Å²) in [5.74, 6) is -0.923. The number of rotatable bonds is 19. The zero-order chi connectivity index (χ0) is 51.1. The molecule has 2 heterocycles. The van der Waals surface area contributed by atoms with Gasteiger partial charge in [0.1, 0.15) is 6.10 Å². The third-order valence-electron chi connectivity index (χ3n) is 17.8. The molecule has 11 atom stereocenters. The highest BCUT2D eigenvalue weighted by Crippen LogP contribution is 2.56. The molecule has 1 N–H and O–H groups in total. The highest BCUT2D eigenvalue weighted by molar-refractivity contribution is 14.1. The molecular formula is C52H105IO8Si4. The Bertz CT molecular complexity index is 1600. The van der Waals surface area contributed by atoms with Crippen molar-refractivity contribution in [2.24, 2.45) is 23.2 Å². The van der Waals surface area contributed by atoms with E-state index in [9.17, 15) is 5.11 Å². The van der Waals surface area contributed by atoms with Crippen molar-refractivity contribution in [2.75, 3.05) is 13.7 Å². The molecule has 0 unspecified atom stereocenters. The van der Waals surface area contributed by atoms with Crippen molar-refractivity contribution < 1.29 is 37.0 Å². The Kier molecular flexibility index (Phi) is 20.8. The highest BCUT2D eigenvalue weighted by Gasteiger charge is 2.67. The van der Waals surface area contributed by atoms with Gasteiger partial charge in [0, 0.05) is 43.8 Å². The van der Waals surface area contributed by atoms with Gasteiger partial charge in [-0.05, 0) is 108 Å². The molecule has 2 rings (SSSR count). The first-order valence-corrected chi connectivity index (χ1v) is 37.9. The molecule has 2 fully saturated rings. The molecule has 8 nitrogen and oxygen atoms in total. The van der Waals surface area contributed by atoms with Crippen LogP contribution in [-0.4, -0.2) is 101 Å². The standard InChI is InChI=1S/C52H105IO8Si4/c1-35(37(3)34-53)31-36(2)44(61-65(27,28)50(15,16)17)39(5)41(59-63(23,24)48(9,10)11)32-42(55-20)45-46(54)51(18,19)52(58-45)33-43(60-64(25,26)49(12,13)14)38(4)40(57-52)29-30-56-62(21,22)47(6,7)8/h31,34,36,38-46,54H,29-30,32-33H2,1-28H3/b35-31+,37-34+/t36-,38-,39+,40+,41+,42+,43-,44-,45-,46+,52-/m0/s1. The van der Waals surface area contributed by atoms with E-state index in [1.54, 1.807) is 7.11 Å². The van der Waals surface area contributed by atoms with Gasteiger partial charge in [-0.25, -0.2) is 0 Å². The maximum Gasteiger partial charge on any atom is 0.192 e. The minimum absolute atomic E-state index is 0.0150. The SMILES string of the molecule is CO[C@H](C[C@@H](O[Si](C)(C)C(C)(C)C)[C@@H](C)[C@@H](O[Si](C)(C)C(C)(C)C)[C@@H](C)/C=C(C)/C(C)=C/I)[C@@H]1O[C@@]2(C[C@H](O[Si](C)(C)C(C)(C)C)[C@@H](C)[C@@H](CCO[Si](C)(C)C(C)(C)C)O2)C(C)(C)[C@@H]1O. The Morgan fingerprint density at radius 2 is 1.23 bits per heavy atom. The van der Waals surface area contributed by atoms with Crippen molar-refractivity contribution in [2.45, 2.75) is 272 Å². The average molecular weight is 1100 g/mol. The molecule has 2 saturated heterocycles. The number of allylic oxidation sites excluding steroid dienone is 2. The second-order valence-electron chi connectivity index (χ2n) is 27.2. The fourth-order valence-corrected chi connectivity index (χ4v) is 14.1. The van der Waals surface area contributed by atoms with E-state index in [1.165, 1.54) is 11.1 Å². The molecule has 65 heavy (non-hydrogen) atoms. The van der Waals surface area contributed by atoms with Crippen LogP contribution >= 0.6 is 22.6 Å². The molecule has 0 amide bonds. The number of aliphatic hydroxyl groups is 1. The summed E-state index contributed by atoms with van der Waals surface area (Å²) in [6, 6.07) is 0. The highest BCUT2D eigenvalue weighted by atomic mass is 127. The normalized spacial score (nSPS) is 28.4. The van der Waals surface area contributed by atoms with Gasteiger partial charge in [-0.2, -0.15) is 0 Å². The van der Waals surface area contributed by atoms with Crippen molar-refractivity contribution in [3.8, 4) is 0 Å². The number of methoxy groups -OCH3 is 1. The van der Waals surface area contributed by atoms with Crippen LogP contribution in [0.1, 0.15) is 151 Å². The lowest BCUT2D eigenvalue weighted by Crippen LogP contribution is -2.60. The molecule has 384 valence electrons. The van der Waals surface area contributed by atoms with Gasteiger partial charge in [0.15, 0.2) is 39.1 Å². The molecule has 0 aliphatic carbocycles. The van der Waals surface area contributed by atoms with Gasteiger partial charge in [0.05, 0.1) is 36.6 Å². The minimum Gasteiger partial charge on any atom is -0.417 e. The molecule has 2 aliphatic rings. The van der Waals surface area contributed by atoms with Gasteiger partial charge in [-0.15, -0.1) is 0 Å². The van der Waals surface area contributed by atoms with Crippen LogP contribution in [0.5, 0.6) is 0 Å². The first kappa shape index (κ1) is 61.9. The van der Waals surface area contributed by atoms with E-state index in [1.807, 2.05) is 0 Å². The summed E-state index contributed by atoms with van der Waals surface area (Å²) in [5, 5.41) is 12.8. The zero-order valence-electron chi connectivity index (χ0n) is 47.4. The number of halogens is 1. The molecule has 13 heteroatoms. The molecule has 0 aromatic heterocycles. The molecule has 0 saturated carbocycles. The van der Waals surface area contributed by atoms with Crippen molar-refractivity contribution in [3.05, 3.63) is 21.3 Å². The Morgan fingerprint density at radius 1 is 0.754 bits per heavy atom. The fraction of sp³-hybridized carbons (Fsp3) is 0.923. The molecule has 0 aromatic rings. The third-order valence-corrected chi connectivity index (χ3v) is 36.8. The van der Waals surface area contributed by atoms with Gasteiger partial charge in [-0.3, -0.25) is 0 Å². The van der Waals surface area contributed by atoms with Gasteiger partial charge in [-0.1, -0.05) is 152 Å². The number of hydrogen-bond acceptors (Lipinski definition) is 8. The van der Waals surface area contributed by atoms with Gasteiger partial charge in [0.25, 0.3) is 0 Å². The summed E-state index contributed by atoms with van der Waals surface area (Å²) < 4.78 is 52.7. The van der Waals surface area contributed by atoms with Crippen LogP contribution in [0, 0.1) is 23.2 Å². The molecule has 1 spiro atoms.